The molecule has 4 aliphatic rings. The average molecular weight is 379 g/mol. The molecule has 4 saturated carbocycles. The van der Waals surface area contributed by atoms with E-state index < -0.39 is 0 Å². The quantitative estimate of drug-likeness (QED) is 0.641. The van der Waals surface area contributed by atoms with Gasteiger partial charge in [-0.15, -0.1) is 0 Å². The first-order valence-electron chi connectivity index (χ1n) is 11.4. The highest BCUT2D eigenvalue weighted by molar-refractivity contribution is 6.05. The Bertz CT molecular complexity index is 796. The molecule has 0 aromatic heterocycles. The van der Waals surface area contributed by atoms with E-state index in [1.807, 2.05) is 6.07 Å². The maximum Gasteiger partial charge on any atom is 0.165 e. The van der Waals surface area contributed by atoms with Crippen LogP contribution in [0.1, 0.15) is 70.8 Å². The molecule has 1 N–H and O–H groups in total. The van der Waals surface area contributed by atoms with Crippen molar-refractivity contribution in [3.63, 3.8) is 0 Å². The van der Waals surface area contributed by atoms with Gasteiger partial charge in [0.1, 0.15) is 0 Å². The van der Waals surface area contributed by atoms with Crippen LogP contribution in [-0.2, 0) is 4.79 Å². The molecule has 4 aliphatic carbocycles. The van der Waals surface area contributed by atoms with Crippen molar-refractivity contribution in [2.24, 2.45) is 34.5 Å². The average Bonchev–Trinajstić information content (AvgIpc) is 2.94. The molecule has 2 nitrogen and oxygen atoms in total. The number of hydrogen-bond acceptors (Lipinski definition) is 2. The molecule has 0 amide bonds. The monoisotopic (exact) mass is 378 g/mol. The van der Waals surface area contributed by atoms with Crippen LogP contribution in [0.25, 0.3) is 6.08 Å². The zero-order valence-corrected chi connectivity index (χ0v) is 17.4. The summed E-state index contributed by atoms with van der Waals surface area (Å²) in [5, 5.41) is 10.2. The lowest BCUT2D eigenvalue weighted by atomic mass is 9.45. The summed E-state index contributed by atoms with van der Waals surface area (Å²) in [4.78, 5) is 13.4. The minimum absolute atomic E-state index is 0.0862. The topological polar surface area (TPSA) is 37.3 Å². The van der Waals surface area contributed by atoms with Crippen molar-refractivity contribution >= 4 is 11.9 Å². The fourth-order valence-corrected chi connectivity index (χ4v) is 7.79. The minimum Gasteiger partial charge on any atom is -0.393 e. The second-order valence-corrected chi connectivity index (χ2v) is 10.7. The number of rotatable bonds is 1. The van der Waals surface area contributed by atoms with Gasteiger partial charge in [-0.25, -0.2) is 0 Å². The maximum absolute atomic E-state index is 13.4. The van der Waals surface area contributed by atoms with E-state index in [4.69, 9.17) is 0 Å². The number of allylic oxidation sites excluding steroid dienone is 1. The van der Waals surface area contributed by atoms with E-state index in [1.165, 1.54) is 25.7 Å². The van der Waals surface area contributed by atoms with Crippen molar-refractivity contribution in [1.29, 1.82) is 0 Å². The Morgan fingerprint density at radius 2 is 1.79 bits per heavy atom. The Balaban J connectivity index is 1.45. The Morgan fingerprint density at radius 1 is 1.00 bits per heavy atom. The summed E-state index contributed by atoms with van der Waals surface area (Å²) in [7, 11) is 0. The van der Waals surface area contributed by atoms with Crippen LogP contribution in [0.4, 0.5) is 0 Å². The van der Waals surface area contributed by atoms with E-state index in [2.05, 4.69) is 44.2 Å². The molecule has 0 bridgehead atoms. The lowest BCUT2D eigenvalue weighted by Gasteiger charge is -2.59. The molecule has 4 fully saturated rings. The number of fused-ring (bicyclic) bond motifs is 5. The second-order valence-electron chi connectivity index (χ2n) is 10.7. The predicted molar refractivity (Wildman–Crippen MR) is 113 cm³/mol. The summed E-state index contributed by atoms with van der Waals surface area (Å²) in [6.45, 7) is 4.78. The van der Waals surface area contributed by atoms with Gasteiger partial charge in [0, 0.05) is 5.41 Å². The maximum atomic E-state index is 13.4. The molecule has 0 unspecified atom stereocenters. The highest BCUT2D eigenvalue weighted by Crippen LogP contribution is 2.66. The van der Waals surface area contributed by atoms with Crippen LogP contribution in [0.3, 0.4) is 0 Å². The first kappa shape index (κ1) is 18.6. The fraction of sp³-hybridized carbons (Fsp3) is 0.654. The van der Waals surface area contributed by atoms with Crippen molar-refractivity contribution in [2.75, 3.05) is 0 Å². The largest absolute Gasteiger partial charge is 0.393 e. The standard InChI is InChI=1S/C26H34O2/c1-25-12-10-20(27)16-19(25)8-9-21-22(25)11-13-26(2)23(21)15-18(24(26)28)14-17-6-4-3-5-7-17/h3-7,14,19-23,27H,8-13,15-16H2,1-2H3/b18-14-/t19-,20-,21+,22-,23-,25-,26-/m0/s1. The van der Waals surface area contributed by atoms with Crippen molar-refractivity contribution in [3.8, 4) is 0 Å². The fourth-order valence-electron chi connectivity index (χ4n) is 7.79. The molecule has 2 heteroatoms. The van der Waals surface area contributed by atoms with E-state index in [0.29, 0.717) is 29.0 Å². The molecule has 0 saturated heterocycles. The summed E-state index contributed by atoms with van der Waals surface area (Å²) < 4.78 is 0. The molecule has 150 valence electrons. The lowest BCUT2D eigenvalue weighted by Crippen LogP contribution is -2.54. The number of aliphatic hydroxyl groups is 1. The number of carbonyl (C=O) groups is 1. The van der Waals surface area contributed by atoms with E-state index >= 15 is 0 Å². The summed E-state index contributed by atoms with van der Waals surface area (Å²) in [6.07, 6.45) is 10.9. The van der Waals surface area contributed by atoms with Crippen LogP contribution in [0, 0.1) is 34.5 Å². The predicted octanol–water partition coefficient (Wildman–Crippen LogP) is 5.65. The van der Waals surface area contributed by atoms with Gasteiger partial charge in [-0.3, -0.25) is 4.79 Å². The SMILES string of the molecule is C[C@]12CC[C@H](O)C[C@@H]1CC[C@@H]1[C@@H]2CC[C@]2(C)C(=O)/C(=C\c3ccccc3)C[C@@H]12. The first-order valence-corrected chi connectivity index (χ1v) is 11.4. The summed E-state index contributed by atoms with van der Waals surface area (Å²) in [5.41, 5.74) is 2.43. The third kappa shape index (κ3) is 2.67. The van der Waals surface area contributed by atoms with E-state index in [1.54, 1.807) is 0 Å². The molecule has 1 aromatic rings. The van der Waals surface area contributed by atoms with Gasteiger partial charge in [-0.2, -0.15) is 0 Å². The van der Waals surface area contributed by atoms with Gasteiger partial charge in [-0.1, -0.05) is 44.2 Å². The van der Waals surface area contributed by atoms with Gasteiger partial charge in [0.15, 0.2) is 5.78 Å². The molecular weight excluding hydrogens is 344 g/mol. The first-order chi connectivity index (χ1) is 13.4. The Hall–Kier alpha value is -1.41. The van der Waals surface area contributed by atoms with E-state index in [0.717, 1.165) is 42.7 Å². The third-order valence-electron chi connectivity index (χ3n) is 9.42. The van der Waals surface area contributed by atoms with Crippen LogP contribution in [0.5, 0.6) is 0 Å². The number of aliphatic hydroxyl groups excluding tert-OH is 1. The van der Waals surface area contributed by atoms with Gasteiger partial charge in [-0.05, 0) is 97.7 Å². The molecule has 0 aliphatic heterocycles. The molecular formula is C26H34O2. The number of carbonyl (C=O) groups excluding carboxylic acids is 1. The van der Waals surface area contributed by atoms with Crippen LogP contribution in [-0.4, -0.2) is 17.0 Å². The van der Waals surface area contributed by atoms with Gasteiger partial charge < -0.3 is 5.11 Å². The van der Waals surface area contributed by atoms with Crippen LogP contribution < -0.4 is 0 Å². The molecule has 0 radical (unpaired) electrons. The summed E-state index contributed by atoms with van der Waals surface area (Å²) in [5.74, 6) is 3.03. The Morgan fingerprint density at radius 3 is 2.57 bits per heavy atom. The zero-order chi connectivity index (χ0) is 19.5. The molecule has 0 spiro atoms. The van der Waals surface area contributed by atoms with Crippen LogP contribution in [0.15, 0.2) is 35.9 Å². The van der Waals surface area contributed by atoms with Gasteiger partial charge in [0.25, 0.3) is 0 Å². The van der Waals surface area contributed by atoms with Crippen LogP contribution >= 0.6 is 0 Å². The second kappa shape index (κ2) is 6.55. The summed E-state index contributed by atoms with van der Waals surface area (Å²) >= 11 is 0. The molecule has 28 heavy (non-hydrogen) atoms. The lowest BCUT2D eigenvalue weighted by molar-refractivity contribution is -0.141. The van der Waals surface area contributed by atoms with Crippen molar-refractivity contribution < 1.29 is 9.90 Å². The van der Waals surface area contributed by atoms with Gasteiger partial charge >= 0.3 is 0 Å². The number of hydrogen-bond donors (Lipinski definition) is 1. The number of ketones is 1. The van der Waals surface area contributed by atoms with Crippen LogP contribution in [0.2, 0.25) is 0 Å². The van der Waals surface area contributed by atoms with E-state index in [9.17, 15) is 9.90 Å². The number of Topliss-reactive ketones (excluding diaryl/α,β-unsaturated/α-hetero) is 1. The van der Waals surface area contributed by atoms with Gasteiger partial charge in [0.05, 0.1) is 6.10 Å². The van der Waals surface area contributed by atoms with Gasteiger partial charge in [0.2, 0.25) is 0 Å². The summed E-state index contributed by atoms with van der Waals surface area (Å²) in [6, 6.07) is 10.3. The minimum atomic E-state index is -0.154. The highest BCUT2D eigenvalue weighted by atomic mass is 16.3. The van der Waals surface area contributed by atoms with Crippen molar-refractivity contribution in [1.82, 2.24) is 0 Å². The molecule has 0 heterocycles. The molecule has 5 rings (SSSR count). The van der Waals surface area contributed by atoms with E-state index in [-0.39, 0.29) is 11.5 Å². The van der Waals surface area contributed by atoms with Crippen molar-refractivity contribution in [2.45, 2.75) is 71.3 Å². The molecule has 7 atom stereocenters. The third-order valence-corrected chi connectivity index (χ3v) is 9.42. The highest BCUT2D eigenvalue weighted by Gasteiger charge is 2.61. The number of benzene rings is 1. The Labute approximate surface area is 169 Å². The van der Waals surface area contributed by atoms with Crippen molar-refractivity contribution in [3.05, 3.63) is 41.5 Å². The smallest absolute Gasteiger partial charge is 0.165 e. The zero-order valence-electron chi connectivity index (χ0n) is 17.4. The normalized spacial score (nSPS) is 46.8. The Kier molecular flexibility index (Phi) is 4.36. The molecule has 1 aromatic carbocycles.